The van der Waals surface area contributed by atoms with E-state index >= 15 is 0 Å². The molecule has 1 aromatic carbocycles. The highest BCUT2D eigenvalue weighted by Gasteiger charge is 2.12. The molecule has 85 valence electrons. The summed E-state index contributed by atoms with van der Waals surface area (Å²) < 4.78 is 0. The van der Waals surface area contributed by atoms with E-state index in [2.05, 4.69) is 11.1 Å². The van der Waals surface area contributed by atoms with Gasteiger partial charge in [-0.3, -0.25) is 15.1 Å². The summed E-state index contributed by atoms with van der Waals surface area (Å²) in [5.41, 5.74) is 1.89. The molecule has 0 saturated heterocycles. The highest BCUT2D eigenvalue weighted by Crippen LogP contribution is 2.25. The van der Waals surface area contributed by atoms with Crippen molar-refractivity contribution in [3.8, 4) is 11.3 Å². The molecule has 0 N–H and O–H groups in total. The molecule has 17 heavy (non-hydrogen) atoms. The van der Waals surface area contributed by atoms with Gasteiger partial charge in [0.1, 0.15) is 0 Å². The lowest BCUT2D eigenvalue weighted by atomic mass is 10.1. The lowest BCUT2D eigenvalue weighted by molar-refractivity contribution is -0.385. The van der Waals surface area contributed by atoms with Gasteiger partial charge in [0, 0.05) is 29.5 Å². The van der Waals surface area contributed by atoms with Gasteiger partial charge in [0.15, 0.2) is 0 Å². The van der Waals surface area contributed by atoms with E-state index in [1.165, 1.54) is 12.3 Å². The van der Waals surface area contributed by atoms with Crippen LogP contribution in [0, 0.1) is 23.1 Å². The monoisotopic (exact) mass is 247 g/mol. The van der Waals surface area contributed by atoms with Crippen LogP contribution in [0.3, 0.4) is 0 Å². The van der Waals surface area contributed by atoms with Crippen molar-refractivity contribution >= 4 is 17.3 Å². The van der Waals surface area contributed by atoms with E-state index in [9.17, 15) is 10.1 Å². The van der Waals surface area contributed by atoms with Gasteiger partial charge in [-0.05, 0) is 13.0 Å². The number of benzene rings is 1. The Morgan fingerprint density at radius 3 is 2.82 bits per heavy atom. The predicted molar refractivity (Wildman–Crippen MR) is 64.9 cm³/mol. The third kappa shape index (κ3) is 2.42. The summed E-state index contributed by atoms with van der Waals surface area (Å²) in [6.07, 6.45) is 1.49. The second kappa shape index (κ2) is 4.51. The molecule has 0 atom stereocenters. The minimum atomic E-state index is -0.408. The van der Waals surface area contributed by atoms with E-state index in [4.69, 9.17) is 11.6 Å². The fourth-order valence-electron chi connectivity index (χ4n) is 1.45. The van der Waals surface area contributed by atoms with Crippen molar-refractivity contribution in [1.82, 2.24) is 4.98 Å². The van der Waals surface area contributed by atoms with Crippen molar-refractivity contribution in [3.63, 3.8) is 0 Å². The summed E-state index contributed by atoms with van der Waals surface area (Å²) >= 11 is 5.70. The summed E-state index contributed by atoms with van der Waals surface area (Å²) in [5, 5.41) is 11.3. The van der Waals surface area contributed by atoms with Gasteiger partial charge in [0.05, 0.1) is 15.6 Å². The average molecular weight is 248 g/mol. The number of nitrogens with zero attached hydrogens (tertiary/aromatic N) is 2. The van der Waals surface area contributed by atoms with E-state index in [1.807, 2.05) is 0 Å². The summed E-state index contributed by atoms with van der Waals surface area (Å²) in [5.74, 6) is 0. The zero-order valence-electron chi connectivity index (χ0n) is 8.98. The van der Waals surface area contributed by atoms with Crippen molar-refractivity contribution in [2.45, 2.75) is 6.92 Å². The normalized spacial score (nSPS) is 10.2. The van der Waals surface area contributed by atoms with Gasteiger partial charge in [0.2, 0.25) is 0 Å². The number of halogens is 1. The Balaban J connectivity index is 2.50. The lowest BCUT2D eigenvalue weighted by Gasteiger charge is -2.02. The molecule has 0 saturated carbocycles. The maximum Gasteiger partial charge on any atom is 0.272 e. The fraction of sp³-hybridized carbons (Fsp3) is 0.0833. The van der Waals surface area contributed by atoms with Crippen LogP contribution in [0.15, 0.2) is 30.5 Å². The highest BCUT2D eigenvalue weighted by molar-refractivity contribution is 6.30. The van der Waals surface area contributed by atoms with Crippen LogP contribution in [0.2, 0.25) is 5.02 Å². The van der Waals surface area contributed by atoms with Crippen LogP contribution in [0.1, 0.15) is 5.56 Å². The molecule has 0 aliphatic heterocycles. The zero-order valence-corrected chi connectivity index (χ0v) is 9.73. The molecule has 1 aromatic heterocycles. The van der Waals surface area contributed by atoms with Crippen LogP contribution >= 0.6 is 11.6 Å². The minimum Gasteiger partial charge on any atom is -0.258 e. The minimum absolute atomic E-state index is 0.0765. The van der Waals surface area contributed by atoms with Crippen molar-refractivity contribution in [2.24, 2.45) is 0 Å². The molecule has 0 aliphatic rings. The van der Waals surface area contributed by atoms with Gasteiger partial charge < -0.3 is 0 Å². The Hall–Kier alpha value is -1.94. The molecule has 1 heterocycles. The summed E-state index contributed by atoms with van der Waals surface area (Å²) in [4.78, 5) is 14.5. The van der Waals surface area contributed by atoms with Crippen LogP contribution < -0.4 is 0 Å². The van der Waals surface area contributed by atoms with Crippen molar-refractivity contribution < 1.29 is 4.92 Å². The number of aromatic nitrogens is 1. The second-order valence-corrected chi connectivity index (χ2v) is 3.98. The molecule has 2 aromatic rings. The molecular formula is C12H8ClN2O2. The quantitative estimate of drug-likeness (QED) is 0.604. The number of nitro groups is 1. The number of rotatable bonds is 2. The van der Waals surface area contributed by atoms with Crippen LogP contribution in [0.5, 0.6) is 0 Å². The lowest BCUT2D eigenvalue weighted by Crippen LogP contribution is -1.92. The molecule has 5 heteroatoms. The number of nitro benzene ring substituents is 1. The largest absolute Gasteiger partial charge is 0.272 e. The smallest absolute Gasteiger partial charge is 0.258 e. The van der Waals surface area contributed by atoms with E-state index in [0.29, 0.717) is 21.8 Å². The van der Waals surface area contributed by atoms with E-state index in [-0.39, 0.29) is 5.69 Å². The van der Waals surface area contributed by atoms with E-state index in [1.54, 1.807) is 25.1 Å². The van der Waals surface area contributed by atoms with Crippen LogP contribution in [0.25, 0.3) is 11.3 Å². The van der Waals surface area contributed by atoms with Gasteiger partial charge in [-0.2, -0.15) is 0 Å². The first-order chi connectivity index (χ1) is 8.08. The molecule has 0 aliphatic carbocycles. The fourth-order valence-corrected chi connectivity index (χ4v) is 1.55. The predicted octanol–water partition coefficient (Wildman–Crippen LogP) is 3.42. The Bertz CT molecular complexity index is 567. The maximum absolute atomic E-state index is 10.8. The molecule has 1 radical (unpaired) electrons. The van der Waals surface area contributed by atoms with E-state index in [0.717, 1.165) is 0 Å². The Kier molecular flexibility index (Phi) is 3.06. The standard InChI is InChI=1S/C12H8ClN2O2/c1-8-2-3-9(6-12(8)15(16)17)11-5-4-10(13)7-14-11/h2-4,6-7H,1H3. The molecule has 0 unspecified atom stereocenters. The summed E-state index contributed by atoms with van der Waals surface area (Å²) in [7, 11) is 0. The SMILES string of the molecule is Cc1ccc(-c2[c]cc(Cl)cn2)cc1[N+](=O)[O-]. The van der Waals surface area contributed by atoms with Gasteiger partial charge in [-0.15, -0.1) is 0 Å². The maximum atomic E-state index is 10.8. The third-order valence-electron chi connectivity index (χ3n) is 2.34. The summed E-state index contributed by atoms with van der Waals surface area (Å²) in [6, 6.07) is 9.40. The molecule has 0 fully saturated rings. The van der Waals surface area contributed by atoms with Crippen LogP contribution in [-0.4, -0.2) is 9.91 Å². The van der Waals surface area contributed by atoms with Crippen LogP contribution in [0.4, 0.5) is 5.69 Å². The zero-order chi connectivity index (χ0) is 12.4. The van der Waals surface area contributed by atoms with Crippen molar-refractivity contribution in [2.75, 3.05) is 0 Å². The first-order valence-electron chi connectivity index (χ1n) is 4.86. The first kappa shape index (κ1) is 11.5. The molecule has 0 amide bonds. The third-order valence-corrected chi connectivity index (χ3v) is 2.55. The Morgan fingerprint density at radius 2 is 2.24 bits per heavy atom. The van der Waals surface area contributed by atoms with E-state index < -0.39 is 4.92 Å². The molecule has 0 spiro atoms. The van der Waals surface area contributed by atoms with Gasteiger partial charge in [-0.1, -0.05) is 23.7 Å². The second-order valence-electron chi connectivity index (χ2n) is 3.54. The Labute approximate surface area is 103 Å². The number of aryl methyl sites for hydroxylation is 1. The molecule has 2 rings (SSSR count). The topological polar surface area (TPSA) is 56.0 Å². The van der Waals surface area contributed by atoms with Gasteiger partial charge in [-0.25, -0.2) is 0 Å². The van der Waals surface area contributed by atoms with Crippen LogP contribution in [-0.2, 0) is 0 Å². The molecule has 4 nitrogen and oxygen atoms in total. The average Bonchev–Trinajstić information content (AvgIpc) is 2.30. The van der Waals surface area contributed by atoms with Gasteiger partial charge >= 0.3 is 0 Å². The van der Waals surface area contributed by atoms with Gasteiger partial charge in [0.25, 0.3) is 5.69 Å². The Morgan fingerprint density at radius 1 is 1.47 bits per heavy atom. The van der Waals surface area contributed by atoms with Crippen molar-refractivity contribution in [3.05, 3.63) is 57.2 Å². The number of hydrogen-bond acceptors (Lipinski definition) is 3. The number of hydrogen-bond donors (Lipinski definition) is 0. The first-order valence-corrected chi connectivity index (χ1v) is 5.24. The molecule has 0 bridgehead atoms. The number of pyridine rings is 1. The highest BCUT2D eigenvalue weighted by atomic mass is 35.5. The molecular weight excluding hydrogens is 240 g/mol. The van der Waals surface area contributed by atoms with Crippen molar-refractivity contribution in [1.29, 1.82) is 0 Å². The summed E-state index contributed by atoms with van der Waals surface area (Å²) in [6.45, 7) is 1.70.